The minimum Gasteiger partial charge on any atom is -0.355 e. The molecule has 5 aromatic rings. The molecular formula is C38H33BrN4. The molecule has 0 spiro atoms. The number of hydrogen-bond donors (Lipinski definition) is 2. The van der Waals surface area contributed by atoms with Crippen LogP contribution in [0.4, 0.5) is 0 Å². The fourth-order valence-electron chi connectivity index (χ4n) is 6.78. The summed E-state index contributed by atoms with van der Waals surface area (Å²) in [5.74, 6) is 0. The maximum atomic E-state index is 5.17. The largest absolute Gasteiger partial charge is 0.355 e. The van der Waals surface area contributed by atoms with Gasteiger partial charge in [0.05, 0.1) is 27.2 Å². The highest BCUT2D eigenvalue weighted by Crippen LogP contribution is 2.38. The van der Waals surface area contributed by atoms with Crippen molar-refractivity contribution < 1.29 is 0 Å². The second-order valence-electron chi connectivity index (χ2n) is 11.8. The lowest BCUT2D eigenvalue weighted by molar-refractivity contribution is 1.24. The maximum absolute atomic E-state index is 5.17. The number of aromatic amines is 2. The molecule has 2 aliphatic heterocycles. The molecule has 2 aromatic carbocycles. The molecule has 0 saturated carbocycles. The van der Waals surface area contributed by atoms with Gasteiger partial charge in [-0.1, -0.05) is 35.4 Å². The molecule has 0 aliphatic carbocycles. The Labute approximate surface area is 260 Å². The van der Waals surface area contributed by atoms with Crippen LogP contribution in [-0.2, 0) is 0 Å². The maximum Gasteiger partial charge on any atom is 0.0801 e. The van der Waals surface area contributed by atoms with E-state index in [9.17, 15) is 0 Å². The van der Waals surface area contributed by atoms with Crippen LogP contribution >= 0.6 is 15.9 Å². The quantitative estimate of drug-likeness (QED) is 0.201. The van der Waals surface area contributed by atoms with Crippen molar-refractivity contribution in [2.45, 2.75) is 41.5 Å². The number of benzene rings is 2. The third-order valence-electron chi connectivity index (χ3n) is 8.36. The highest BCUT2D eigenvalue weighted by Gasteiger charge is 2.19. The van der Waals surface area contributed by atoms with Crippen LogP contribution in [0.15, 0.2) is 59.1 Å². The topological polar surface area (TPSA) is 57.4 Å². The number of halogens is 1. The van der Waals surface area contributed by atoms with Crippen LogP contribution in [0.2, 0.25) is 0 Å². The number of aryl methyl sites for hydroxylation is 6. The van der Waals surface area contributed by atoms with E-state index in [0.717, 1.165) is 60.4 Å². The van der Waals surface area contributed by atoms with E-state index in [1.165, 1.54) is 44.5 Å². The fraction of sp³-hybridized carbons (Fsp3) is 0.158. The molecule has 7 rings (SSSR count). The normalized spacial score (nSPS) is 12.3. The Balaban J connectivity index is 1.62. The summed E-state index contributed by atoms with van der Waals surface area (Å²) in [7, 11) is 0. The summed E-state index contributed by atoms with van der Waals surface area (Å²) >= 11 is 3.88. The van der Waals surface area contributed by atoms with Gasteiger partial charge in [-0.15, -0.1) is 0 Å². The van der Waals surface area contributed by atoms with Crippen molar-refractivity contribution in [1.82, 2.24) is 19.9 Å². The molecule has 212 valence electrons. The van der Waals surface area contributed by atoms with Crippen LogP contribution in [0, 0.1) is 41.5 Å². The number of nitrogens with zero attached hydrogens (tertiary/aromatic N) is 2. The molecule has 3 aromatic heterocycles. The third-order valence-corrected chi connectivity index (χ3v) is 9.18. The van der Waals surface area contributed by atoms with Gasteiger partial charge in [-0.2, -0.15) is 0 Å². The Kier molecular flexibility index (Phi) is 6.59. The van der Waals surface area contributed by atoms with E-state index in [2.05, 4.69) is 146 Å². The lowest BCUT2D eigenvalue weighted by Gasteiger charge is -2.13. The second kappa shape index (κ2) is 10.4. The van der Waals surface area contributed by atoms with Crippen LogP contribution in [0.1, 0.15) is 56.2 Å². The molecule has 2 aliphatic rings. The Morgan fingerprint density at radius 2 is 0.837 bits per heavy atom. The number of rotatable bonds is 2. The number of hydrogen-bond acceptors (Lipinski definition) is 2. The highest BCUT2D eigenvalue weighted by molar-refractivity contribution is 9.10. The number of aromatic nitrogens is 4. The van der Waals surface area contributed by atoms with Gasteiger partial charge in [0.25, 0.3) is 0 Å². The smallest absolute Gasteiger partial charge is 0.0801 e. The van der Waals surface area contributed by atoms with Crippen LogP contribution in [0.25, 0.3) is 68.6 Å². The second-order valence-corrected chi connectivity index (χ2v) is 12.6. The molecule has 8 bridgehead atoms. The Bertz CT molecular complexity index is 2010. The van der Waals surface area contributed by atoms with Crippen molar-refractivity contribution in [3.63, 3.8) is 0 Å². The van der Waals surface area contributed by atoms with E-state index in [-0.39, 0.29) is 0 Å². The Morgan fingerprint density at radius 1 is 0.465 bits per heavy atom. The van der Waals surface area contributed by atoms with E-state index < -0.39 is 0 Å². The molecule has 0 saturated heterocycles. The van der Waals surface area contributed by atoms with Crippen LogP contribution in [0.5, 0.6) is 0 Å². The SMILES string of the molecule is Cc1cc(C)c(-c2c3nc(c(Br)c4nc(c(-c5c(C)cc(C)cc5C)c5ccc(cc6ccc2[nH]6)[nH]5)C=C4)C=C3)c(C)c1. The van der Waals surface area contributed by atoms with Crippen LogP contribution < -0.4 is 0 Å². The van der Waals surface area contributed by atoms with Crippen molar-refractivity contribution in [3.05, 3.63) is 115 Å². The van der Waals surface area contributed by atoms with Crippen LogP contribution in [0.3, 0.4) is 0 Å². The predicted molar refractivity (Wildman–Crippen MR) is 186 cm³/mol. The van der Waals surface area contributed by atoms with Crippen molar-refractivity contribution in [2.75, 3.05) is 0 Å². The van der Waals surface area contributed by atoms with Crippen molar-refractivity contribution >= 4 is 62.3 Å². The van der Waals surface area contributed by atoms with E-state index in [0.29, 0.717) is 0 Å². The number of H-pyrrole nitrogens is 2. The number of fused-ring (bicyclic) bond motifs is 8. The Hall–Kier alpha value is -4.48. The zero-order valence-electron chi connectivity index (χ0n) is 25.3. The summed E-state index contributed by atoms with van der Waals surface area (Å²) in [6.45, 7) is 13.0. The first-order chi connectivity index (χ1) is 20.7. The van der Waals surface area contributed by atoms with Crippen LogP contribution in [-0.4, -0.2) is 19.9 Å². The van der Waals surface area contributed by atoms with Gasteiger partial charge >= 0.3 is 0 Å². The van der Waals surface area contributed by atoms with Gasteiger partial charge in [-0.3, -0.25) is 0 Å². The standard InChI is InChI=1S/C38H33BrN4/c1-20-15-22(3)34(23(4)16-20)36-28-9-7-26(40-28)19-27-8-10-29(41-27)37(35-24(5)17-21(2)18-25(35)6)31-12-14-33(43-31)38(39)32-13-11-30(36)42-32/h7-19,40-41H,1-6H3. The summed E-state index contributed by atoms with van der Waals surface area (Å²) in [6.07, 6.45) is 8.39. The lowest BCUT2D eigenvalue weighted by atomic mass is 9.92. The average molecular weight is 626 g/mol. The molecule has 4 nitrogen and oxygen atoms in total. The van der Waals surface area contributed by atoms with Gasteiger partial charge in [0.2, 0.25) is 0 Å². The van der Waals surface area contributed by atoms with Crippen molar-refractivity contribution in [1.29, 1.82) is 0 Å². The minimum atomic E-state index is 0.858. The first-order valence-corrected chi connectivity index (χ1v) is 15.4. The molecule has 0 unspecified atom stereocenters. The van der Waals surface area contributed by atoms with Gasteiger partial charge in [0, 0.05) is 33.2 Å². The fourth-order valence-corrected chi connectivity index (χ4v) is 7.22. The van der Waals surface area contributed by atoms with Crippen molar-refractivity contribution in [2.24, 2.45) is 0 Å². The van der Waals surface area contributed by atoms with Gasteiger partial charge in [-0.25, -0.2) is 9.97 Å². The lowest BCUT2D eigenvalue weighted by Crippen LogP contribution is -1.94. The van der Waals surface area contributed by atoms with E-state index in [4.69, 9.17) is 9.97 Å². The highest BCUT2D eigenvalue weighted by atomic mass is 79.9. The van der Waals surface area contributed by atoms with Gasteiger partial charge in [-0.05, 0) is 145 Å². The number of nitrogens with one attached hydrogen (secondary N) is 2. The molecule has 5 heteroatoms. The zero-order valence-corrected chi connectivity index (χ0v) is 26.9. The summed E-state index contributed by atoms with van der Waals surface area (Å²) in [5, 5.41) is 0. The predicted octanol–water partition coefficient (Wildman–Crippen LogP) is 10.6. The average Bonchev–Trinajstić information content (AvgIpc) is 3.75. The molecule has 0 fully saturated rings. The minimum absolute atomic E-state index is 0.858. The molecule has 0 radical (unpaired) electrons. The summed E-state index contributed by atoms with van der Waals surface area (Å²) in [4.78, 5) is 17.7. The Morgan fingerprint density at radius 3 is 1.23 bits per heavy atom. The van der Waals surface area contributed by atoms with E-state index >= 15 is 0 Å². The zero-order chi connectivity index (χ0) is 30.0. The molecule has 0 atom stereocenters. The van der Waals surface area contributed by atoms with Gasteiger partial charge in [0.1, 0.15) is 0 Å². The monoisotopic (exact) mass is 624 g/mol. The van der Waals surface area contributed by atoms with Gasteiger partial charge in [0.15, 0.2) is 0 Å². The molecule has 43 heavy (non-hydrogen) atoms. The molecule has 2 N–H and O–H groups in total. The van der Waals surface area contributed by atoms with Gasteiger partial charge < -0.3 is 9.97 Å². The summed E-state index contributed by atoms with van der Waals surface area (Å²) < 4.78 is 0.873. The molecule has 5 heterocycles. The van der Waals surface area contributed by atoms with E-state index in [1.807, 2.05) is 0 Å². The molecular weight excluding hydrogens is 592 g/mol. The van der Waals surface area contributed by atoms with Crippen molar-refractivity contribution in [3.8, 4) is 22.3 Å². The first-order valence-electron chi connectivity index (χ1n) is 14.6. The summed E-state index contributed by atoms with van der Waals surface area (Å²) in [5.41, 5.74) is 19.7. The van der Waals surface area contributed by atoms with E-state index in [1.54, 1.807) is 0 Å². The molecule has 0 amide bonds. The summed E-state index contributed by atoms with van der Waals surface area (Å²) in [6, 6.07) is 19.8. The first kappa shape index (κ1) is 27.4. The third kappa shape index (κ3) is 4.78.